The lowest BCUT2D eigenvalue weighted by atomic mass is 10.4. The summed E-state index contributed by atoms with van der Waals surface area (Å²) in [6.45, 7) is 13.5. The molecule has 0 N–H and O–H groups in total. The molecule has 4 fully saturated rings. The van der Waals surface area contributed by atoms with Crippen molar-refractivity contribution in [1.82, 2.24) is 14.7 Å². The normalized spacial score (nSPS) is 16.9. The number of ether oxygens (including phenoxy) is 9. The van der Waals surface area contributed by atoms with Crippen molar-refractivity contribution in [2.75, 3.05) is 98.7 Å². The maximum Gasteiger partial charge on any atom is 0.508 e. The van der Waals surface area contributed by atoms with Crippen LogP contribution in [0.25, 0.3) is 0 Å². The lowest BCUT2D eigenvalue weighted by molar-refractivity contribution is -0.140. The minimum absolute atomic E-state index is 0.0502. The topological polar surface area (TPSA) is 216 Å². The molecule has 1 unspecified atom stereocenters. The molecule has 0 aromatic heterocycles. The van der Waals surface area contributed by atoms with Crippen molar-refractivity contribution in [1.29, 1.82) is 0 Å². The molecule has 0 aromatic rings. The molecule has 4 saturated heterocycles. The Labute approximate surface area is 314 Å². The molecule has 4 heterocycles. The zero-order chi connectivity index (χ0) is 39.6. The molecular weight excluding hydrogens is 718 g/mol. The number of rotatable bonds is 20. The van der Waals surface area contributed by atoms with Gasteiger partial charge in [-0.3, -0.25) is 14.4 Å². The number of nitrogens with zero attached hydrogens (tertiary/aromatic N) is 3. The summed E-state index contributed by atoms with van der Waals surface area (Å²) in [7, 11) is 0. The smallest absolute Gasteiger partial charge is 0.498 e. The number of amides is 3. The summed E-state index contributed by atoms with van der Waals surface area (Å²) in [6, 6.07) is 0. The molecule has 304 valence electrons. The number of carbonyl (C=O) groups is 7. The average molecular weight is 772 g/mol. The first kappa shape index (κ1) is 45.1. The Kier molecular flexibility index (Phi) is 22.3. The van der Waals surface area contributed by atoms with Crippen LogP contribution in [0.15, 0.2) is 25.0 Å². The van der Waals surface area contributed by atoms with Crippen LogP contribution in [-0.4, -0.2) is 162 Å². The third-order valence-corrected chi connectivity index (χ3v) is 7.74. The van der Waals surface area contributed by atoms with Crippen LogP contribution < -0.4 is 0 Å². The molecular formula is C35H53N3O16. The highest BCUT2D eigenvalue weighted by molar-refractivity contribution is 5.86. The molecule has 3 amide bonds. The van der Waals surface area contributed by atoms with E-state index in [9.17, 15) is 33.6 Å². The van der Waals surface area contributed by atoms with Gasteiger partial charge in [0.05, 0.1) is 45.2 Å². The van der Waals surface area contributed by atoms with Gasteiger partial charge in [-0.2, -0.15) is 0 Å². The van der Waals surface area contributed by atoms with E-state index in [0.717, 1.165) is 45.4 Å². The second kappa shape index (κ2) is 26.7. The van der Waals surface area contributed by atoms with Gasteiger partial charge in [0.2, 0.25) is 17.7 Å². The molecule has 0 aliphatic carbocycles. The fourth-order valence-corrected chi connectivity index (χ4v) is 4.81. The fraction of sp³-hybridized carbons (Fsp3) is 0.686. The van der Waals surface area contributed by atoms with E-state index in [1.54, 1.807) is 14.7 Å². The predicted octanol–water partition coefficient (Wildman–Crippen LogP) is 2.35. The molecule has 19 nitrogen and oxygen atoms in total. The lowest BCUT2D eigenvalue weighted by Crippen LogP contribution is -2.29. The summed E-state index contributed by atoms with van der Waals surface area (Å²) in [5.74, 6) is -0.211. The number of hydrogen-bond donors (Lipinski definition) is 0. The fourth-order valence-electron chi connectivity index (χ4n) is 4.81. The number of epoxide rings is 1. The SMILES string of the molecule is C=C(C)C(=O)OCCOC(=O)OCCN1CCCC1=O.C=COCCOC(=O)OCCN1CCCC1=O.O=C(OCCC1CO1)OCCN1CCCC1=O. The first-order valence-corrected chi connectivity index (χ1v) is 17.9. The minimum atomic E-state index is -0.844. The van der Waals surface area contributed by atoms with Gasteiger partial charge in [0.1, 0.15) is 46.2 Å². The lowest BCUT2D eigenvalue weighted by Gasteiger charge is -2.14. The van der Waals surface area contributed by atoms with E-state index in [0.29, 0.717) is 52.0 Å². The Morgan fingerprint density at radius 3 is 1.35 bits per heavy atom. The van der Waals surface area contributed by atoms with Crippen LogP contribution in [0.1, 0.15) is 51.9 Å². The molecule has 0 spiro atoms. The van der Waals surface area contributed by atoms with E-state index in [1.165, 1.54) is 13.2 Å². The Hall–Kier alpha value is -5.07. The Morgan fingerprint density at radius 1 is 0.630 bits per heavy atom. The first-order valence-electron chi connectivity index (χ1n) is 17.9. The molecule has 1 atom stereocenters. The Bertz CT molecular complexity index is 1260. The maximum atomic E-state index is 11.3. The van der Waals surface area contributed by atoms with Gasteiger partial charge in [-0.05, 0) is 26.2 Å². The summed E-state index contributed by atoms with van der Waals surface area (Å²) in [5.41, 5.74) is 0.280. The highest BCUT2D eigenvalue weighted by atomic mass is 16.7. The zero-order valence-electron chi connectivity index (χ0n) is 31.0. The van der Waals surface area contributed by atoms with Crippen LogP contribution in [0, 0.1) is 0 Å². The second-order valence-corrected chi connectivity index (χ2v) is 12.0. The summed E-state index contributed by atoms with van der Waals surface area (Å²) in [6.07, 6.45) is 4.35. The van der Waals surface area contributed by atoms with Crippen molar-refractivity contribution in [3.05, 3.63) is 25.0 Å². The number of esters is 1. The molecule has 4 rings (SSSR count). The molecule has 4 aliphatic heterocycles. The van der Waals surface area contributed by atoms with Gasteiger partial charge in [0.15, 0.2) is 0 Å². The minimum Gasteiger partial charge on any atom is -0.498 e. The number of carbonyl (C=O) groups excluding carboxylic acids is 7. The van der Waals surface area contributed by atoms with E-state index in [2.05, 4.69) is 13.2 Å². The second-order valence-electron chi connectivity index (χ2n) is 12.0. The van der Waals surface area contributed by atoms with Gasteiger partial charge in [-0.25, -0.2) is 19.2 Å². The Balaban J connectivity index is 0.000000281. The monoisotopic (exact) mass is 771 g/mol. The summed E-state index contributed by atoms with van der Waals surface area (Å²) in [4.78, 5) is 83.1. The third kappa shape index (κ3) is 20.8. The van der Waals surface area contributed by atoms with E-state index >= 15 is 0 Å². The van der Waals surface area contributed by atoms with Crippen molar-refractivity contribution >= 4 is 42.2 Å². The predicted molar refractivity (Wildman–Crippen MR) is 186 cm³/mol. The van der Waals surface area contributed by atoms with Crippen LogP contribution in [0.2, 0.25) is 0 Å². The number of likely N-dealkylation sites (tertiary alicyclic amines) is 3. The van der Waals surface area contributed by atoms with Crippen LogP contribution >= 0.6 is 0 Å². The molecule has 0 saturated carbocycles. The summed E-state index contributed by atoms with van der Waals surface area (Å²) in [5, 5.41) is 0. The van der Waals surface area contributed by atoms with Crippen molar-refractivity contribution in [2.24, 2.45) is 0 Å². The standard InChI is InChI=1S/C13H19NO6.2C11H17NO5/c1-10(2)12(16)18-8-9-20-13(17)19-7-6-14-5-3-4-11(14)15;13-10-2-1-4-12(10)5-7-16-11(14)15-6-3-9-8-17-9;1-2-15-8-9-17-11(14)16-7-6-12-5-3-4-10(12)13/h1,3-9H2,2H3;9H,1-8H2;2H,1,3-9H2. The molecule has 19 heteroatoms. The van der Waals surface area contributed by atoms with Gasteiger partial charge in [0, 0.05) is 50.9 Å². The van der Waals surface area contributed by atoms with Crippen molar-refractivity contribution in [3.8, 4) is 0 Å². The molecule has 0 aromatic carbocycles. The van der Waals surface area contributed by atoms with Crippen molar-refractivity contribution < 1.29 is 76.2 Å². The average Bonchev–Trinajstić information content (AvgIpc) is 3.51. The highest BCUT2D eigenvalue weighted by Gasteiger charge is 2.24. The van der Waals surface area contributed by atoms with Crippen LogP contribution in [-0.2, 0) is 61.8 Å². The van der Waals surface area contributed by atoms with Gasteiger partial charge in [-0.1, -0.05) is 13.2 Å². The molecule has 4 aliphatic rings. The Morgan fingerprint density at radius 2 is 1.00 bits per heavy atom. The third-order valence-electron chi connectivity index (χ3n) is 7.74. The highest BCUT2D eigenvalue weighted by Crippen LogP contribution is 2.13. The van der Waals surface area contributed by atoms with Gasteiger partial charge in [0.25, 0.3) is 0 Å². The molecule has 0 bridgehead atoms. The van der Waals surface area contributed by atoms with Gasteiger partial charge >= 0.3 is 24.4 Å². The van der Waals surface area contributed by atoms with E-state index < -0.39 is 24.4 Å². The summed E-state index contributed by atoms with van der Waals surface area (Å²) >= 11 is 0. The first-order chi connectivity index (χ1) is 26.0. The quantitative estimate of drug-likeness (QED) is 0.0434. The zero-order valence-corrected chi connectivity index (χ0v) is 31.0. The van der Waals surface area contributed by atoms with E-state index in [-0.39, 0.29) is 75.6 Å². The van der Waals surface area contributed by atoms with Crippen LogP contribution in [0.3, 0.4) is 0 Å². The van der Waals surface area contributed by atoms with E-state index in [1.807, 2.05) is 0 Å². The number of hydrogen-bond acceptors (Lipinski definition) is 16. The van der Waals surface area contributed by atoms with Crippen LogP contribution in [0.5, 0.6) is 0 Å². The van der Waals surface area contributed by atoms with Crippen molar-refractivity contribution in [2.45, 2.75) is 58.0 Å². The summed E-state index contributed by atoms with van der Waals surface area (Å²) < 4.78 is 43.1. The van der Waals surface area contributed by atoms with E-state index in [4.69, 9.17) is 42.6 Å². The molecule has 0 radical (unpaired) electrons. The van der Waals surface area contributed by atoms with Gasteiger partial charge < -0.3 is 57.3 Å². The maximum absolute atomic E-state index is 11.3. The largest absolute Gasteiger partial charge is 0.508 e. The van der Waals surface area contributed by atoms with Crippen molar-refractivity contribution in [3.63, 3.8) is 0 Å². The van der Waals surface area contributed by atoms with Gasteiger partial charge in [-0.15, -0.1) is 0 Å². The van der Waals surface area contributed by atoms with Crippen LogP contribution in [0.4, 0.5) is 14.4 Å². The molecule has 54 heavy (non-hydrogen) atoms.